The molecule has 146 valence electrons. The number of rotatable bonds is 5. The molecule has 29 heavy (non-hydrogen) atoms. The first-order valence-corrected chi connectivity index (χ1v) is 10.4. The number of pyridine rings is 1. The second-order valence-corrected chi connectivity index (χ2v) is 8.42. The molecule has 4 rings (SSSR count). The van der Waals surface area contributed by atoms with Crippen LogP contribution in [0.1, 0.15) is 27.8 Å². The van der Waals surface area contributed by atoms with E-state index in [9.17, 15) is 4.79 Å². The van der Waals surface area contributed by atoms with Gasteiger partial charge in [-0.25, -0.2) is 4.98 Å². The van der Waals surface area contributed by atoms with Gasteiger partial charge in [-0.1, -0.05) is 41.2 Å². The summed E-state index contributed by atoms with van der Waals surface area (Å²) in [6.45, 7) is 6.67. The van der Waals surface area contributed by atoms with Crippen molar-refractivity contribution >= 4 is 32.6 Å². The Morgan fingerprint density at radius 2 is 1.69 bits per heavy atom. The maximum atomic E-state index is 13.4. The summed E-state index contributed by atoms with van der Waals surface area (Å²) in [6.07, 6.45) is 3.86. The number of amides is 1. The molecule has 0 aliphatic heterocycles. The lowest BCUT2D eigenvalue weighted by atomic mass is 10.0. The highest BCUT2D eigenvalue weighted by atomic mass is 32.1. The highest BCUT2D eigenvalue weighted by Crippen LogP contribution is 2.31. The number of thiazole rings is 1. The Hall–Kier alpha value is -3.05. The predicted molar refractivity (Wildman–Crippen MR) is 119 cm³/mol. The zero-order valence-electron chi connectivity index (χ0n) is 16.8. The van der Waals surface area contributed by atoms with Crippen LogP contribution in [0.4, 0.5) is 5.13 Å². The van der Waals surface area contributed by atoms with Gasteiger partial charge in [0.1, 0.15) is 0 Å². The van der Waals surface area contributed by atoms with E-state index in [4.69, 9.17) is 4.98 Å². The fourth-order valence-electron chi connectivity index (χ4n) is 3.37. The van der Waals surface area contributed by atoms with E-state index in [0.29, 0.717) is 13.0 Å². The van der Waals surface area contributed by atoms with E-state index in [-0.39, 0.29) is 5.91 Å². The van der Waals surface area contributed by atoms with E-state index in [1.807, 2.05) is 18.2 Å². The van der Waals surface area contributed by atoms with E-state index < -0.39 is 0 Å². The van der Waals surface area contributed by atoms with Crippen molar-refractivity contribution < 1.29 is 4.79 Å². The average molecular weight is 402 g/mol. The largest absolute Gasteiger partial charge is 0.283 e. The third-order valence-corrected chi connectivity index (χ3v) is 6.04. The van der Waals surface area contributed by atoms with Crippen LogP contribution in [0.2, 0.25) is 0 Å². The van der Waals surface area contributed by atoms with Crippen LogP contribution in [0, 0.1) is 20.8 Å². The maximum absolute atomic E-state index is 13.4. The number of nitrogens with zero attached hydrogens (tertiary/aromatic N) is 3. The number of fused-ring (bicyclic) bond motifs is 1. The number of anilines is 1. The van der Waals surface area contributed by atoms with Crippen LogP contribution in [-0.2, 0) is 17.8 Å². The monoisotopic (exact) mass is 401 g/mol. The topological polar surface area (TPSA) is 46.1 Å². The molecule has 2 heterocycles. The number of hydrogen-bond acceptors (Lipinski definition) is 4. The molecule has 0 saturated carbocycles. The molecule has 2 aromatic carbocycles. The minimum absolute atomic E-state index is 0.0459. The van der Waals surface area contributed by atoms with Gasteiger partial charge in [0.2, 0.25) is 5.91 Å². The first-order valence-electron chi connectivity index (χ1n) is 9.62. The van der Waals surface area contributed by atoms with Crippen molar-refractivity contribution in [3.63, 3.8) is 0 Å². The van der Waals surface area contributed by atoms with Gasteiger partial charge in [0.05, 0.1) is 23.2 Å². The second kappa shape index (κ2) is 8.13. The van der Waals surface area contributed by atoms with Crippen molar-refractivity contribution in [3.05, 3.63) is 88.7 Å². The normalized spacial score (nSPS) is 11.0. The molecule has 1 amide bonds. The fourth-order valence-corrected chi connectivity index (χ4v) is 4.45. The molecule has 0 fully saturated rings. The first kappa shape index (κ1) is 19.3. The average Bonchev–Trinajstić information content (AvgIpc) is 3.11. The molecule has 0 radical (unpaired) electrons. The van der Waals surface area contributed by atoms with Gasteiger partial charge in [-0.05, 0) is 67.3 Å². The van der Waals surface area contributed by atoms with Gasteiger partial charge < -0.3 is 0 Å². The number of hydrogen-bond donors (Lipinski definition) is 0. The highest BCUT2D eigenvalue weighted by molar-refractivity contribution is 7.22. The number of aryl methyl sites for hydroxylation is 3. The molecule has 0 saturated heterocycles. The SMILES string of the molecule is Cc1ccc(CC(=O)N(Cc2ccncc2)c2nc3ccc(C)cc3s2)c(C)c1. The third-order valence-electron chi connectivity index (χ3n) is 4.99. The van der Waals surface area contributed by atoms with Crippen molar-refractivity contribution in [2.24, 2.45) is 0 Å². The van der Waals surface area contributed by atoms with Crippen molar-refractivity contribution in [1.29, 1.82) is 0 Å². The molecule has 0 aliphatic carbocycles. The molecule has 0 N–H and O–H groups in total. The standard InChI is InChI=1S/C24H23N3OS/c1-16-4-6-20(18(3)12-16)14-23(28)27(15-19-8-10-25-11-9-19)24-26-21-7-5-17(2)13-22(21)29-24/h4-13H,14-15H2,1-3H3. The number of aromatic nitrogens is 2. The quantitative estimate of drug-likeness (QED) is 0.450. The van der Waals surface area contributed by atoms with Gasteiger partial charge >= 0.3 is 0 Å². The third kappa shape index (κ3) is 4.35. The van der Waals surface area contributed by atoms with Gasteiger partial charge in [0, 0.05) is 12.4 Å². The van der Waals surface area contributed by atoms with Crippen LogP contribution < -0.4 is 4.90 Å². The van der Waals surface area contributed by atoms with E-state index in [1.165, 1.54) is 11.1 Å². The molecule has 0 spiro atoms. The van der Waals surface area contributed by atoms with Crippen LogP contribution in [0.25, 0.3) is 10.2 Å². The predicted octanol–water partition coefficient (Wildman–Crippen LogP) is 5.39. The fraction of sp³-hybridized carbons (Fsp3) is 0.208. The summed E-state index contributed by atoms with van der Waals surface area (Å²) in [4.78, 5) is 24.0. The number of carbonyl (C=O) groups is 1. The number of carbonyl (C=O) groups excluding carboxylic acids is 1. The summed E-state index contributed by atoms with van der Waals surface area (Å²) in [7, 11) is 0. The van der Waals surface area contributed by atoms with Crippen molar-refractivity contribution in [1.82, 2.24) is 9.97 Å². The minimum Gasteiger partial charge on any atom is -0.283 e. The summed E-state index contributed by atoms with van der Waals surface area (Å²) < 4.78 is 1.10. The van der Waals surface area contributed by atoms with Crippen LogP contribution in [0.5, 0.6) is 0 Å². The van der Waals surface area contributed by atoms with Crippen LogP contribution in [0.3, 0.4) is 0 Å². The van der Waals surface area contributed by atoms with E-state index in [1.54, 1.807) is 28.6 Å². The molecule has 4 nitrogen and oxygen atoms in total. The van der Waals surface area contributed by atoms with Gasteiger partial charge in [0.15, 0.2) is 5.13 Å². The Morgan fingerprint density at radius 3 is 2.45 bits per heavy atom. The van der Waals surface area contributed by atoms with Crippen molar-refractivity contribution in [3.8, 4) is 0 Å². The van der Waals surface area contributed by atoms with E-state index in [2.05, 4.69) is 56.1 Å². The van der Waals surface area contributed by atoms with Crippen LogP contribution in [-0.4, -0.2) is 15.9 Å². The lowest BCUT2D eigenvalue weighted by Gasteiger charge is -2.20. The van der Waals surface area contributed by atoms with Gasteiger partial charge in [0.25, 0.3) is 0 Å². The summed E-state index contributed by atoms with van der Waals surface area (Å²) in [6, 6.07) is 16.3. The molecular weight excluding hydrogens is 378 g/mol. The number of benzene rings is 2. The van der Waals surface area contributed by atoms with E-state index in [0.717, 1.165) is 32.0 Å². The second-order valence-electron chi connectivity index (χ2n) is 7.41. The Balaban J connectivity index is 1.69. The lowest BCUT2D eigenvalue weighted by molar-refractivity contribution is -0.118. The Labute approximate surface area is 174 Å². The summed E-state index contributed by atoms with van der Waals surface area (Å²) in [5.74, 6) is 0.0459. The van der Waals surface area contributed by atoms with Crippen molar-refractivity contribution in [2.75, 3.05) is 4.90 Å². The minimum atomic E-state index is 0.0459. The molecule has 0 bridgehead atoms. The van der Waals surface area contributed by atoms with E-state index >= 15 is 0 Å². The highest BCUT2D eigenvalue weighted by Gasteiger charge is 2.21. The zero-order chi connectivity index (χ0) is 20.4. The summed E-state index contributed by atoms with van der Waals surface area (Å²) >= 11 is 1.56. The molecule has 4 aromatic rings. The Bertz CT molecular complexity index is 1170. The van der Waals surface area contributed by atoms with Gasteiger partial charge in [-0.15, -0.1) is 0 Å². The lowest BCUT2D eigenvalue weighted by Crippen LogP contribution is -2.31. The molecule has 5 heteroatoms. The van der Waals surface area contributed by atoms with Crippen LogP contribution in [0.15, 0.2) is 60.9 Å². The smallest absolute Gasteiger partial charge is 0.233 e. The maximum Gasteiger partial charge on any atom is 0.233 e. The van der Waals surface area contributed by atoms with Crippen molar-refractivity contribution in [2.45, 2.75) is 33.7 Å². The molecule has 0 atom stereocenters. The Kier molecular flexibility index (Phi) is 5.41. The molecular formula is C24H23N3OS. The van der Waals surface area contributed by atoms with Crippen LogP contribution >= 0.6 is 11.3 Å². The summed E-state index contributed by atoms with van der Waals surface area (Å²) in [5, 5.41) is 0.733. The zero-order valence-corrected chi connectivity index (χ0v) is 17.7. The summed E-state index contributed by atoms with van der Waals surface area (Å²) in [5.41, 5.74) is 6.54. The van der Waals surface area contributed by atoms with Gasteiger partial charge in [-0.3, -0.25) is 14.7 Å². The Morgan fingerprint density at radius 1 is 0.966 bits per heavy atom. The molecule has 2 aromatic heterocycles. The first-order chi connectivity index (χ1) is 14.0. The van der Waals surface area contributed by atoms with Gasteiger partial charge in [-0.2, -0.15) is 0 Å². The molecule has 0 aliphatic rings. The molecule has 0 unspecified atom stereocenters.